The number of benzene rings is 1. The van der Waals surface area contributed by atoms with E-state index in [-0.39, 0.29) is 12.2 Å². The summed E-state index contributed by atoms with van der Waals surface area (Å²) in [4.78, 5) is 0. The summed E-state index contributed by atoms with van der Waals surface area (Å²) < 4.78 is 13.5. The molecule has 0 aromatic heterocycles. The van der Waals surface area contributed by atoms with Crippen molar-refractivity contribution in [3.05, 3.63) is 28.0 Å². The summed E-state index contributed by atoms with van der Waals surface area (Å²) in [5, 5.41) is 18.3. The van der Waals surface area contributed by atoms with Gasteiger partial charge in [-0.15, -0.1) is 0 Å². The van der Waals surface area contributed by atoms with Gasteiger partial charge in [-0.1, -0.05) is 15.9 Å². The molecule has 1 aromatic carbocycles. The normalized spacial score (nSPS) is 12.9. The smallest absolute Gasteiger partial charge is 0.166 e. The zero-order valence-electron chi connectivity index (χ0n) is 7.09. The summed E-state index contributed by atoms with van der Waals surface area (Å²) in [6, 6.07) is 2.77. The number of aliphatic hydroxyl groups is 1. The monoisotopic (exact) mass is 248 g/mol. The molecule has 2 N–H and O–H groups in total. The molecule has 0 aliphatic heterocycles. The first-order chi connectivity index (χ1) is 6.00. The largest absolute Gasteiger partial charge is 0.505 e. The predicted octanol–water partition coefficient (Wildman–Crippen LogP) is 2.22. The third-order valence-electron chi connectivity index (χ3n) is 1.62. The van der Waals surface area contributed by atoms with Crippen LogP contribution in [0.15, 0.2) is 16.6 Å². The van der Waals surface area contributed by atoms with Gasteiger partial charge in [0.2, 0.25) is 0 Å². The molecule has 0 aliphatic rings. The molecule has 4 heteroatoms. The third kappa shape index (κ3) is 2.67. The van der Waals surface area contributed by atoms with Crippen LogP contribution in [0, 0.1) is 5.82 Å². The highest BCUT2D eigenvalue weighted by Gasteiger charge is 2.10. The first-order valence-corrected chi connectivity index (χ1v) is 4.65. The van der Waals surface area contributed by atoms with E-state index in [1.807, 2.05) is 0 Å². The Morgan fingerprint density at radius 2 is 2.15 bits per heavy atom. The molecular weight excluding hydrogens is 239 g/mol. The number of aromatic hydroxyl groups is 1. The Morgan fingerprint density at radius 3 is 2.69 bits per heavy atom. The second-order valence-corrected chi connectivity index (χ2v) is 3.86. The van der Waals surface area contributed by atoms with Crippen molar-refractivity contribution in [3.8, 4) is 5.75 Å². The molecule has 0 amide bonds. The van der Waals surface area contributed by atoms with Gasteiger partial charge >= 0.3 is 0 Å². The molecule has 0 saturated carbocycles. The van der Waals surface area contributed by atoms with Crippen LogP contribution < -0.4 is 0 Å². The molecule has 72 valence electrons. The molecule has 0 radical (unpaired) electrons. The van der Waals surface area contributed by atoms with Gasteiger partial charge in [-0.3, -0.25) is 0 Å². The maximum Gasteiger partial charge on any atom is 0.166 e. The molecule has 1 atom stereocenters. The van der Waals surface area contributed by atoms with Crippen LogP contribution in [0.5, 0.6) is 5.75 Å². The molecule has 13 heavy (non-hydrogen) atoms. The van der Waals surface area contributed by atoms with E-state index in [0.29, 0.717) is 10.0 Å². The zero-order valence-corrected chi connectivity index (χ0v) is 8.68. The lowest BCUT2D eigenvalue weighted by Gasteiger charge is -2.07. The van der Waals surface area contributed by atoms with E-state index in [1.54, 1.807) is 13.0 Å². The van der Waals surface area contributed by atoms with Gasteiger partial charge in [0.15, 0.2) is 11.6 Å². The Kier molecular flexibility index (Phi) is 3.27. The molecule has 0 saturated heterocycles. The maximum absolute atomic E-state index is 12.9. The minimum absolute atomic E-state index is 0.238. The lowest BCUT2D eigenvalue weighted by atomic mass is 10.1. The van der Waals surface area contributed by atoms with Crippen LogP contribution in [0.3, 0.4) is 0 Å². The first kappa shape index (κ1) is 10.5. The van der Waals surface area contributed by atoms with Gasteiger partial charge < -0.3 is 10.2 Å². The third-order valence-corrected chi connectivity index (χ3v) is 2.08. The Labute approximate surface area is 84.1 Å². The summed E-state index contributed by atoms with van der Waals surface area (Å²) in [6.07, 6.45) is -0.359. The van der Waals surface area contributed by atoms with Crippen molar-refractivity contribution in [1.82, 2.24) is 0 Å². The van der Waals surface area contributed by atoms with Gasteiger partial charge in [-0.05, 0) is 19.1 Å². The molecule has 2 nitrogen and oxygen atoms in total. The van der Waals surface area contributed by atoms with Gasteiger partial charge in [0.25, 0.3) is 0 Å². The summed E-state index contributed by atoms with van der Waals surface area (Å²) in [6.45, 7) is 1.58. The van der Waals surface area contributed by atoms with Crippen molar-refractivity contribution >= 4 is 15.9 Å². The fourth-order valence-electron chi connectivity index (χ4n) is 1.09. The SMILES string of the molecule is C[C@@H](O)Cc1cc(Br)cc(F)c1O. The lowest BCUT2D eigenvalue weighted by molar-refractivity contribution is 0.194. The quantitative estimate of drug-likeness (QED) is 0.843. The number of aliphatic hydroxyl groups excluding tert-OH is 1. The highest BCUT2D eigenvalue weighted by molar-refractivity contribution is 9.10. The van der Waals surface area contributed by atoms with Crippen molar-refractivity contribution < 1.29 is 14.6 Å². The number of phenolic OH excluding ortho intramolecular Hbond substituents is 1. The van der Waals surface area contributed by atoms with Crippen LogP contribution in [0.4, 0.5) is 4.39 Å². The molecule has 1 aromatic rings. The highest BCUT2D eigenvalue weighted by atomic mass is 79.9. The van der Waals surface area contributed by atoms with Gasteiger partial charge in [-0.25, -0.2) is 4.39 Å². The fraction of sp³-hybridized carbons (Fsp3) is 0.333. The molecule has 0 spiro atoms. The van der Waals surface area contributed by atoms with Gasteiger partial charge in [0, 0.05) is 16.5 Å². The van der Waals surface area contributed by atoms with Crippen molar-refractivity contribution in [1.29, 1.82) is 0 Å². The van der Waals surface area contributed by atoms with Crippen LogP contribution in [-0.4, -0.2) is 16.3 Å². The average molecular weight is 249 g/mol. The highest BCUT2D eigenvalue weighted by Crippen LogP contribution is 2.26. The van der Waals surface area contributed by atoms with E-state index in [4.69, 9.17) is 5.11 Å². The maximum atomic E-state index is 12.9. The number of phenols is 1. The minimum Gasteiger partial charge on any atom is -0.505 e. The van der Waals surface area contributed by atoms with E-state index in [0.717, 1.165) is 0 Å². The standard InChI is InChI=1S/C9H10BrFO2/c1-5(12)2-6-3-7(10)4-8(11)9(6)13/h3-5,12-13H,2H2,1H3/t5-/m1/s1. The molecule has 0 bridgehead atoms. The van der Waals surface area contributed by atoms with E-state index in [1.165, 1.54) is 6.07 Å². The summed E-state index contributed by atoms with van der Waals surface area (Å²) in [7, 11) is 0. The fourth-order valence-corrected chi connectivity index (χ4v) is 1.57. The van der Waals surface area contributed by atoms with Crippen molar-refractivity contribution in [2.45, 2.75) is 19.4 Å². The van der Waals surface area contributed by atoms with Crippen molar-refractivity contribution in [2.75, 3.05) is 0 Å². The van der Waals surface area contributed by atoms with Gasteiger partial charge in [0.05, 0.1) is 6.10 Å². The van der Waals surface area contributed by atoms with Crippen LogP contribution >= 0.6 is 15.9 Å². The summed E-state index contributed by atoms with van der Waals surface area (Å²) in [5.74, 6) is -1.06. The second kappa shape index (κ2) is 4.07. The Hall–Kier alpha value is -0.610. The topological polar surface area (TPSA) is 40.5 Å². The van der Waals surface area contributed by atoms with E-state index < -0.39 is 11.9 Å². The number of rotatable bonds is 2. The average Bonchev–Trinajstić information content (AvgIpc) is 1.98. The van der Waals surface area contributed by atoms with Crippen LogP contribution in [0.25, 0.3) is 0 Å². The van der Waals surface area contributed by atoms with Crippen LogP contribution in [0.1, 0.15) is 12.5 Å². The second-order valence-electron chi connectivity index (χ2n) is 2.95. The van der Waals surface area contributed by atoms with Crippen LogP contribution in [0.2, 0.25) is 0 Å². The van der Waals surface area contributed by atoms with Crippen LogP contribution in [-0.2, 0) is 6.42 Å². The minimum atomic E-state index is -0.676. The molecule has 0 aliphatic carbocycles. The van der Waals surface area contributed by atoms with Gasteiger partial charge in [0.1, 0.15) is 0 Å². The van der Waals surface area contributed by atoms with Crippen molar-refractivity contribution in [2.24, 2.45) is 0 Å². The van der Waals surface area contributed by atoms with Crippen molar-refractivity contribution in [3.63, 3.8) is 0 Å². The van der Waals surface area contributed by atoms with E-state index in [9.17, 15) is 9.50 Å². The molecule has 0 unspecified atom stereocenters. The lowest BCUT2D eigenvalue weighted by Crippen LogP contribution is -2.04. The zero-order chi connectivity index (χ0) is 10.0. The van der Waals surface area contributed by atoms with E-state index >= 15 is 0 Å². The summed E-state index contributed by atoms with van der Waals surface area (Å²) >= 11 is 3.10. The Bertz CT molecular complexity index is 313. The number of hydrogen-bond donors (Lipinski definition) is 2. The van der Waals surface area contributed by atoms with E-state index in [2.05, 4.69) is 15.9 Å². The summed E-state index contributed by atoms with van der Waals surface area (Å²) in [5.41, 5.74) is 0.405. The number of halogens is 2. The molecule has 0 fully saturated rings. The Morgan fingerprint density at radius 1 is 1.54 bits per heavy atom. The molecular formula is C9H10BrFO2. The predicted molar refractivity (Wildman–Crippen MR) is 51.1 cm³/mol. The molecule has 1 rings (SSSR count). The number of hydrogen-bond acceptors (Lipinski definition) is 2. The Balaban J connectivity index is 3.05. The molecule has 0 heterocycles. The van der Waals surface area contributed by atoms with Gasteiger partial charge in [-0.2, -0.15) is 0 Å². The first-order valence-electron chi connectivity index (χ1n) is 3.85.